The maximum absolute atomic E-state index is 13.1. The molecule has 0 bridgehead atoms. The summed E-state index contributed by atoms with van der Waals surface area (Å²) in [6, 6.07) is 0. The van der Waals surface area contributed by atoms with Crippen molar-refractivity contribution in [3.8, 4) is 0 Å². The van der Waals surface area contributed by atoms with Gasteiger partial charge in [-0.3, -0.25) is 37.3 Å². The molecule has 0 spiro atoms. The number of esters is 4. The maximum Gasteiger partial charge on any atom is 0.472 e. The van der Waals surface area contributed by atoms with Gasteiger partial charge in [-0.25, -0.2) is 9.13 Å². The van der Waals surface area contributed by atoms with Gasteiger partial charge in [-0.1, -0.05) is 344 Å². The second-order valence-corrected chi connectivity index (χ2v) is 32.9. The van der Waals surface area contributed by atoms with Crippen LogP contribution in [0.5, 0.6) is 0 Å². The van der Waals surface area contributed by atoms with Crippen LogP contribution in [0.15, 0.2) is 0 Å². The Balaban J connectivity index is 5.21. The van der Waals surface area contributed by atoms with Crippen LogP contribution in [-0.4, -0.2) is 96.7 Å². The lowest BCUT2D eigenvalue weighted by molar-refractivity contribution is -0.161. The molecule has 0 rings (SSSR count). The van der Waals surface area contributed by atoms with Crippen LogP contribution in [-0.2, 0) is 65.4 Å². The first-order valence-corrected chi connectivity index (χ1v) is 43.2. The van der Waals surface area contributed by atoms with Gasteiger partial charge in [0.1, 0.15) is 19.3 Å². The Kier molecular flexibility index (Phi) is 65.9. The fraction of sp³-hybridized carbons (Fsp3) is 0.949. The van der Waals surface area contributed by atoms with Crippen LogP contribution in [0.2, 0.25) is 0 Å². The third-order valence-corrected chi connectivity index (χ3v) is 20.0. The summed E-state index contributed by atoms with van der Waals surface area (Å²) in [7, 11) is -9.92. The van der Waals surface area contributed by atoms with E-state index in [1.165, 1.54) is 193 Å². The van der Waals surface area contributed by atoms with Gasteiger partial charge in [0, 0.05) is 25.7 Å². The molecule has 0 saturated carbocycles. The molecule has 5 atom stereocenters. The molecule has 3 N–H and O–H groups in total. The highest BCUT2D eigenvalue weighted by atomic mass is 31.2. The topological polar surface area (TPSA) is 237 Å². The second kappa shape index (κ2) is 67.2. The predicted molar refractivity (Wildman–Crippen MR) is 395 cm³/mol. The summed E-state index contributed by atoms with van der Waals surface area (Å²) in [4.78, 5) is 72.8. The SMILES string of the molecule is CC(C)CCCCCCCCCCCCCCCCCC(=O)O[C@H](COC(=O)CCCCCCCCCCCC(C)C)COP(=O)(O)OCC(O)COP(=O)(O)OC[C@@H](COC(=O)CCCCCCCCC(C)C)OC(=O)CCCCCCCCCCCCCCCCCC(C)C. The zero-order valence-corrected chi connectivity index (χ0v) is 65.5. The highest BCUT2D eigenvalue weighted by Gasteiger charge is 2.30. The number of aliphatic hydroxyl groups excluding tert-OH is 1. The van der Waals surface area contributed by atoms with Gasteiger partial charge in [0.05, 0.1) is 26.4 Å². The molecule has 97 heavy (non-hydrogen) atoms. The Hall–Kier alpha value is -1.94. The van der Waals surface area contributed by atoms with Gasteiger partial charge in [0.15, 0.2) is 12.2 Å². The third-order valence-electron chi connectivity index (χ3n) is 18.1. The van der Waals surface area contributed by atoms with Crippen LogP contribution in [0.1, 0.15) is 396 Å². The first kappa shape index (κ1) is 95.1. The Labute approximate surface area is 594 Å². The summed E-state index contributed by atoms with van der Waals surface area (Å²) < 4.78 is 68.6. The van der Waals surface area contributed by atoms with E-state index in [1.54, 1.807) is 0 Å². The number of aliphatic hydroxyl groups is 1. The fourth-order valence-electron chi connectivity index (χ4n) is 11.9. The number of carbonyl (C=O) groups excluding carboxylic acids is 4. The van der Waals surface area contributed by atoms with E-state index >= 15 is 0 Å². The first-order chi connectivity index (χ1) is 46.6. The molecule has 0 aliphatic carbocycles. The number of hydrogen-bond donors (Lipinski definition) is 3. The quantitative estimate of drug-likeness (QED) is 0.0222. The molecule has 3 unspecified atom stereocenters. The number of hydrogen-bond acceptors (Lipinski definition) is 15. The highest BCUT2D eigenvalue weighted by Crippen LogP contribution is 2.45. The Morgan fingerprint density at radius 3 is 0.639 bits per heavy atom. The normalized spacial score (nSPS) is 14.1. The number of carbonyl (C=O) groups is 4. The van der Waals surface area contributed by atoms with Gasteiger partial charge < -0.3 is 33.8 Å². The monoisotopic (exact) mass is 1420 g/mol. The van der Waals surface area contributed by atoms with Gasteiger partial charge in [-0.2, -0.15) is 0 Å². The number of rotatable bonds is 75. The number of unbranched alkanes of at least 4 members (excludes halogenated alkanes) is 41. The average molecular weight is 1420 g/mol. The zero-order chi connectivity index (χ0) is 71.7. The summed E-state index contributed by atoms with van der Waals surface area (Å²) >= 11 is 0. The molecule has 0 amide bonds. The number of phosphoric ester groups is 2. The van der Waals surface area contributed by atoms with E-state index in [0.717, 1.165) is 114 Å². The van der Waals surface area contributed by atoms with E-state index in [9.17, 15) is 43.2 Å². The molecule has 0 aromatic rings. The van der Waals surface area contributed by atoms with Crippen molar-refractivity contribution in [3.63, 3.8) is 0 Å². The van der Waals surface area contributed by atoms with Crippen LogP contribution < -0.4 is 0 Å². The second-order valence-electron chi connectivity index (χ2n) is 30.0. The van der Waals surface area contributed by atoms with Crippen LogP contribution in [0.25, 0.3) is 0 Å². The summed E-state index contributed by atoms with van der Waals surface area (Å²) in [6.07, 6.45) is 52.9. The maximum atomic E-state index is 13.1. The van der Waals surface area contributed by atoms with E-state index in [1.807, 2.05) is 0 Å². The molecule has 576 valence electrons. The standard InChI is InChI=1S/C78H152O17P2/c1-68(2)54-46-38-30-24-19-15-11-9-13-17-21-27-34-44-52-60-77(82)94-73(64-88-75(80)58-50-42-33-29-23-26-32-40-48-56-70(5)6)66-92-96(84,85)90-62-72(79)63-91-97(86,87)93-67-74(65-89-76(81)59-51-43-37-36-41-49-57-71(7)8)95-78(83)61-53-45-35-28-22-18-14-10-12-16-20-25-31-39-47-55-69(3)4/h68-74,79H,9-67H2,1-8H3,(H,84,85)(H,86,87)/t72?,73-,74-/m1/s1. The summed E-state index contributed by atoms with van der Waals surface area (Å²) in [6.45, 7) is 14.2. The molecule has 0 aromatic heterocycles. The molecule has 0 aromatic carbocycles. The lowest BCUT2D eigenvalue weighted by Crippen LogP contribution is -2.30. The van der Waals surface area contributed by atoms with Crippen molar-refractivity contribution >= 4 is 39.5 Å². The predicted octanol–water partition coefficient (Wildman–Crippen LogP) is 22.8. The van der Waals surface area contributed by atoms with Gasteiger partial charge in [0.2, 0.25) is 0 Å². The molecule has 19 heteroatoms. The van der Waals surface area contributed by atoms with E-state index in [0.29, 0.717) is 31.6 Å². The average Bonchev–Trinajstić information content (AvgIpc) is 1.10. The number of phosphoric acid groups is 2. The number of ether oxygens (including phenoxy) is 4. The summed E-state index contributed by atoms with van der Waals surface area (Å²) in [5, 5.41) is 10.6. The van der Waals surface area contributed by atoms with Crippen molar-refractivity contribution in [1.82, 2.24) is 0 Å². The minimum Gasteiger partial charge on any atom is -0.462 e. The van der Waals surface area contributed by atoms with Crippen molar-refractivity contribution in [2.75, 3.05) is 39.6 Å². The van der Waals surface area contributed by atoms with Crippen LogP contribution in [0.3, 0.4) is 0 Å². The fourth-order valence-corrected chi connectivity index (χ4v) is 13.5. The minimum atomic E-state index is -4.96. The van der Waals surface area contributed by atoms with Crippen LogP contribution in [0, 0.1) is 23.7 Å². The van der Waals surface area contributed by atoms with Crippen LogP contribution in [0.4, 0.5) is 0 Å². The zero-order valence-electron chi connectivity index (χ0n) is 63.7. The van der Waals surface area contributed by atoms with Crippen molar-refractivity contribution in [3.05, 3.63) is 0 Å². The van der Waals surface area contributed by atoms with Crippen LogP contribution >= 0.6 is 15.6 Å². The van der Waals surface area contributed by atoms with Crippen molar-refractivity contribution in [2.45, 2.75) is 414 Å². The van der Waals surface area contributed by atoms with Gasteiger partial charge in [0.25, 0.3) is 0 Å². The highest BCUT2D eigenvalue weighted by molar-refractivity contribution is 7.47. The molecular formula is C78H152O17P2. The minimum absolute atomic E-state index is 0.106. The van der Waals surface area contributed by atoms with Gasteiger partial charge >= 0.3 is 39.5 Å². The Morgan fingerprint density at radius 2 is 0.433 bits per heavy atom. The molecule has 0 saturated heterocycles. The van der Waals surface area contributed by atoms with Crippen molar-refractivity contribution < 1.29 is 80.2 Å². The van der Waals surface area contributed by atoms with E-state index in [4.69, 9.17) is 37.0 Å². The molecular weight excluding hydrogens is 1270 g/mol. The van der Waals surface area contributed by atoms with E-state index < -0.39 is 97.5 Å². The smallest absolute Gasteiger partial charge is 0.462 e. The van der Waals surface area contributed by atoms with Gasteiger partial charge in [-0.05, 0) is 49.4 Å². The molecule has 0 aliphatic heterocycles. The molecule has 0 heterocycles. The third kappa shape index (κ3) is 72.2. The van der Waals surface area contributed by atoms with E-state index in [-0.39, 0.29) is 25.7 Å². The van der Waals surface area contributed by atoms with Crippen molar-refractivity contribution in [2.24, 2.45) is 23.7 Å². The van der Waals surface area contributed by atoms with Gasteiger partial charge in [-0.15, -0.1) is 0 Å². The lowest BCUT2D eigenvalue weighted by Gasteiger charge is -2.21. The largest absolute Gasteiger partial charge is 0.472 e. The summed E-state index contributed by atoms with van der Waals surface area (Å²) in [5.74, 6) is 0.908. The van der Waals surface area contributed by atoms with E-state index in [2.05, 4.69) is 55.4 Å². The molecule has 0 aliphatic rings. The molecule has 0 fully saturated rings. The summed E-state index contributed by atoms with van der Waals surface area (Å²) in [5.41, 5.74) is 0. The van der Waals surface area contributed by atoms with Crippen molar-refractivity contribution in [1.29, 1.82) is 0 Å². The Morgan fingerprint density at radius 1 is 0.258 bits per heavy atom. The Bertz CT molecular complexity index is 1900. The molecule has 17 nitrogen and oxygen atoms in total. The lowest BCUT2D eigenvalue weighted by atomic mass is 10.0. The first-order valence-electron chi connectivity index (χ1n) is 40.2. The molecule has 0 radical (unpaired) electrons.